The third-order valence-corrected chi connectivity index (χ3v) is 4.16. The average Bonchev–Trinajstić information content (AvgIpc) is 3.18. The number of urea groups is 1. The number of hydrogen-bond acceptors (Lipinski definition) is 3. The molecule has 6 heteroatoms. The van der Waals surface area contributed by atoms with Crippen molar-refractivity contribution in [3.63, 3.8) is 0 Å². The molecular weight excluding hydrogens is 316 g/mol. The Morgan fingerprint density at radius 2 is 2.13 bits per heavy atom. The molecular formula is C17H19ClN2O3. The molecule has 2 heterocycles. The van der Waals surface area contributed by atoms with Gasteiger partial charge in [-0.15, -0.1) is 0 Å². The van der Waals surface area contributed by atoms with Gasteiger partial charge in [-0.1, -0.05) is 11.6 Å². The van der Waals surface area contributed by atoms with Crippen molar-refractivity contribution in [1.82, 2.24) is 4.90 Å². The number of carbonyl (C=O) groups excluding carboxylic acids is 1. The van der Waals surface area contributed by atoms with Gasteiger partial charge in [0.1, 0.15) is 18.1 Å². The van der Waals surface area contributed by atoms with Gasteiger partial charge in [0.2, 0.25) is 0 Å². The van der Waals surface area contributed by atoms with E-state index in [0.29, 0.717) is 18.2 Å². The highest BCUT2D eigenvalue weighted by molar-refractivity contribution is 6.30. The third kappa shape index (κ3) is 3.68. The number of ether oxygens (including phenoxy) is 1. The monoisotopic (exact) mass is 334 g/mol. The molecule has 0 aliphatic carbocycles. The third-order valence-electron chi connectivity index (χ3n) is 3.91. The largest absolute Gasteiger partial charge is 0.461 e. The first-order valence-corrected chi connectivity index (χ1v) is 7.96. The van der Waals surface area contributed by atoms with Crippen molar-refractivity contribution in [2.24, 2.45) is 0 Å². The Morgan fingerprint density at radius 1 is 1.35 bits per heavy atom. The average molecular weight is 335 g/mol. The van der Waals surface area contributed by atoms with Crippen LogP contribution in [-0.4, -0.2) is 24.6 Å². The standard InChI is InChI=1S/C17H19ClN2O3/c1-22-11-14-8-9-16(23-14)15-3-2-10-20(15)17(21)19-13-6-4-12(18)5-7-13/h4-9,15H,2-3,10-11H2,1H3,(H,19,21)/t15-/m0/s1. The lowest BCUT2D eigenvalue weighted by molar-refractivity contribution is 0.157. The van der Waals surface area contributed by atoms with Crippen LogP contribution in [0.2, 0.25) is 5.02 Å². The summed E-state index contributed by atoms with van der Waals surface area (Å²) in [4.78, 5) is 14.3. The van der Waals surface area contributed by atoms with E-state index in [1.54, 1.807) is 31.4 Å². The number of hydrogen-bond donors (Lipinski definition) is 1. The predicted molar refractivity (Wildman–Crippen MR) is 88.6 cm³/mol. The van der Waals surface area contributed by atoms with E-state index >= 15 is 0 Å². The van der Waals surface area contributed by atoms with E-state index in [2.05, 4.69) is 5.32 Å². The molecule has 1 aromatic carbocycles. The lowest BCUT2D eigenvalue weighted by atomic mass is 10.2. The summed E-state index contributed by atoms with van der Waals surface area (Å²) in [5.41, 5.74) is 0.726. The Labute approximate surface area is 140 Å². The first kappa shape index (κ1) is 15.9. The van der Waals surface area contributed by atoms with E-state index in [1.807, 2.05) is 17.0 Å². The van der Waals surface area contributed by atoms with Gasteiger partial charge in [0.15, 0.2) is 0 Å². The molecule has 1 aromatic heterocycles. The Bertz CT molecular complexity index is 669. The minimum absolute atomic E-state index is 0.0343. The lowest BCUT2D eigenvalue weighted by Crippen LogP contribution is -2.34. The summed E-state index contributed by atoms with van der Waals surface area (Å²) in [6.07, 6.45) is 1.85. The first-order valence-electron chi connectivity index (χ1n) is 7.58. The lowest BCUT2D eigenvalue weighted by Gasteiger charge is -2.23. The SMILES string of the molecule is COCc1ccc([C@@H]2CCCN2C(=O)Nc2ccc(Cl)cc2)o1. The topological polar surface area (TPSA) is 54.7 Å². The normalized spacial score (nSPS) is 17.5. The first-order chi connectivity index (χ1) is 11.2. The number of furan rings is 1. The summed E-state index contributed by atoms with van der Waals surface area (Å²) >= 11 is 5.86. The minimum Gasteiger partial charge on any atom is -0.461 e. The molecule has 0 spiro atoms. The van der Waals surface area contributed by atoms with E-state index in [9.17, 15) is 4.79 Å². The molecule has 2 aromatic rings. The molecule has 1 saturated heterocycles. The molecule has 0 unspecified atom stereocenters. The predicted octanol–water partition coefficient (Wildman–Crippen LogP) is 4.45. The van der Waals surface area contributed by atoms with Crippen LogP contribution in [0.15, 0.2) is 40.8 Å². The number of benzene rings is 1. The van der Waals surface area contributed by atoms with Gasteiger partial charge in [0.05, 0.1) is 6.04 Å². The maximum Gasteiger partial charge on any atom is 0.322 e. The second-order valence-corrected chi connectivity index (χ2v) is 5.96. The Morgan fingerprint density at radius 3 is 2.87 bits per heavy atom. The van der Waals surface area contributed by atoms with Gasteiger partial charge < -0.3 is 19.4 Å². The number of rotatable bonds is 4. The molecule has 2 amide bonds. The number of nitrogens with one attached hydrogen (secondary N) is 1. The van der Waals surface area contributed by atoms with Crippen molar-refractivity contribution in [2.45, 2.75) is 25.5 Å². The van der Waals surface area contributed by atoms with Crippen molar-refractivity contribution in [3.05, 3.63) is 52.9 Å². The van der Waals surface area contributed by atoms with Crippen molar-refractivity contribution >= 4 is 23.3 Å². The minimum atomic E-state index is -0.125. The molecule has 0 bridgehead atoms. The molecule has 1 aliphatic heterocycles. The van der Waals surface area contributed by atoms with Crippen LogP contribution in [0.5, 0.6) is 0 Å². The van der Waals surface area contributed by atoms with Crippen LogP contribution in [0, 0.1) is 0 Å². The maximum atomic E-state index is 12.5. The second-order valence-electron chi connectivity index (χ2n) is 5.53. The number of likely N-dealkylation sites (tertiary alicyclic amines) is 1. The van der Waals surface area contributed by atoms with Crippen molar-refractivity contribution in [3.8, 4) is 0 Å². The van der Waals surface area contributed by atoms with Crippen LogP contribution in [-0.2, 0) is 11.3 Å². The zero-order valence-electron chi connectivity index (χ0n) is 12.9. The summed E-state index contributed by atoms with van der Waals surface area (Å²) in [7, 11) is 1.63. The molecule has 0 saturated carbocycles. The molecule has 3 rings (SSSR count). The molecule has 122 valence electrons. The zero-order chi connectivity index (χ0) is 16.2. The number of amides is 2. The van der Waals surface area contributed by atoms with Crippen LogP contribution in [0.1, 0.15) is 30.4 Å². The number of anilines is 1. The van der Waals surface area contributed by atoms with Gasteiger partial charge in [-0.05, 0) is 49.2 Å². The number of carbonyl (C=O) groups is 1. The Hall–Kier alpha value is -1.98. The van der Waals surface area contributed by atoms with Gasteiger partial charge in [-0.25, -0.2) is 4.79 Å². The van der Waals surface area contributed by atoms with E-state index in [4.69, 9.17) is 20.8 Å². The summed E-state index contributed by atoms with van der Waals surface area (Å²) < 4.78 is 10.9. The van der Waals surface area contributed by atoms with E-state index in [1.165, 1.54) is 0 Å². The number of halogens is 1. The van der Waals surface area contributed by atoms with Crippen molar-refractivity contribution in [2.75, 3.05) is 19.0 Å². The fraction of sp³-hybridized carbons (Fsp3) is 0.353. The van der Waals surface area contributed by atoms with Crippen LogP contribution in [0.4, 0.5) is 10.5 Å². The van der Waals surface area contributed by atoms with Crippen LogP contribution in [0.3, 0.4) is 0 Å². The summed E-state index contributed by atoms with van der Waals surface area (Å²) in [5, 5.41) is 3.55. The fourth-order valence-corrected chi connectivity index (χ4v) is 2.95. The van der Waals surface area contributed by atoms with Gasteiger partial charge >= 0.3 is 6.03 Å². The van der Waals surface area contributed by atoms with E-state index in [0.717, 1.165) is 30.0 Å². The molecule has 23 heavy (non-hydrogen) atoms. The van der Waals surface area contributed by atoms with Crippen LogP contribution < -0.4 is 5.32 Å². The fourth-order valence-electron chi connectivity index (χ4n) is 2.83. The smallest absolute Gasteiger partial charge is 0.322 e. The van der Waals surface area contributed by atoms with Gasteiger partial charge in [-0.2, -0.15) is 0 Å². The second kappa shape index (κ2) is 7.06. The van der Waals surface area contributed by atoms with Crippen molar-refractivity contribution < 1.29 is 13.9 Å². The van der Waals surface area contributed by atoms with Gasteiger partial charge in [0.25, 0.3) is 0 Å². The van der Waals surface area contributed by atoms with Crippen LogP contribution in [0.25, 0.3) is 0 Å². The summed E-state index contributed by atoms with van der Waals surface area (Å²) in [6.45, 7) is 1.15. The molecule has 1 fully saturated rings. The summed E-state index contributed by atoms with van der Waals surface area (Å²) in [6, 6.07) is 10.7. The highest BCUT2D eigenvalue weighted by atomic mass is 35.5. The molecule has 1 N–H and O–H groups in total. The van der Waals surface area contributed by atoms with Gasteiger partial charge in [-0.3, -0.25) is 0 Å². The zero-order valence-corrected chi connectivity index (χ0v) is 13.7. The van der Waals surface area contributed by atoms with Crippen LogP contribution >= 0.6 is 11.6 Å². The molecule has 1 atom stereocenters. The highest BCUT2D eigenvalue weighted by Crippen LogP contribution is 2.33. The molecule has 0 radical (unpaired) electrons. The Balaban J connectivity index is 1.70. The van der Waals surface area contributed by atoms with E-state index in [-0.39, 0.29) is 12.1 Å². The quantitative estimate of drug-likeness (QED) is 0.898. The van der Waals surface area contributed by atoms with Gasteiger partial charge in [0, 0.05) is 24.4 Å². The Kier molecular flexibility index (Phi) is 4.88. The number of methoxy groups -OCH3 is 1. The van der Waals surface area contributed by atoms with Crippen molar-refractivity contribution in [1.29, 1.82) is 0 Å². The highest BCUT2D eigenvalue weighted by Gasteiger charge is 2.32. The molecule has 1 aliphatic rings. The summed E-state index contributed by atoms with van der Waals surface area (Å²) in [5.74, 6) is 1.58. The van der Waals surface area contributed by atoms with E-state index < -0.39 is 0 Å². The maximum absolute atomic E-state index is 12.5. The molecule has 5 nitrogen and oxygen atoms in total. The number of nitrogens with zero attached hydrogens (tertiary/aromatic N) is 1.